The van der Waals surface area contributed by atoms with Gasteiger partial charge in [-0.2, -0.15) is 0 Å². The van der Waals surface area contributed by atoms with E-state index in [4.69, 9.17) is 9.47 Å². The standard InChI is InChI=1S/C25H36N2O4/c1-3-4-13-26(2)23(28)19-9-14-27(15-10-19)24(29)25(11-5-6-12-25)20-7-8-21-22(18-20)31-17-16-30-21/h7-8,18-19H,3-6,9-17H2,1-2H3. The first-order chi connectivity index (χ1) is 15.0. The third-order valence-corrected chi connectivity index (χ3v) is 7.32. The average Bonchev–Trinajstić information content (AvgIpc) is 3.32. The predicted molar refractivity (Wildman–Crippen MR) is 119 cm³/mol. The summed E-state index contributed by atoms with van der Waals surface area (Å²) in [6, 6.07) is 6.03. The molecule has 0 spiro atoms. The minimum atomic E-state index is -0.468. The van der Waals surface area contributed by atoms with Gasteiger partial charge in [-0.3, -0.25) is 9.59 Å². The number of nitrogens with zero attached hydrogens (tertiary/aromatic N) is 2. The molecule has 2 amide bonds. The number of hydrogen-bond acceptors (Lipinski definition) is 4. The highest BCUT2D eigenvalue weighted by Crippen LogP contribution is 2.45. The minimum absolute atomic E-state index is 0.0414. The van der Waals surface area contributed by atoms with Gasteiger partial charge >= 0.3 is 0 Å². The third kappa shape index (κ3) is 4.39. The van der Waals surface area contributed by atoms with Gasteiger partial charge in [0.05, 0.1) is 5.41 Å². The maximum absolute atomic E-state index is 13.8. The zero-order valence-electron chi connectivity index (χ0n) is 19.0. The van der Waals surface area contributed by atoms with Crippen molar-refractivity contribution in [1.82, 2.24) is 9.80 Å². The lowest BCUT2D eigenvalue weighted by molar-refractivity contribution is -0.143. The predicted octanol–water partition coefficient (Wildman–Crippen LogP) is 3.77. The van der Waals surface area contributed by atoms with Gasteiger partial charge in [0.25, 0.3) is 0 Å². The fourth-order valence-electron chi connectivity index (χ4n) is 5.39. The van der Waals surface area contributed by atoms with Crippen LogP contribution in [0.25, 0.3) is 0 Å². The molecule has 1 saturated carbocycles. The van der Waals surface area contributed by atoms with Gasteiger partial charge < -0.3 is 19.3 Å². The first kappa shape index (κ1) is 22.0. The summed E-state index contributed by atoms with van der Waals surface area (Å²) in [7, 11) is 1.91. The molecule has 1 saturated heterocycles. The van der Waals surface area contributed by atoms with E-state index in [0.29, 0.717) is 26.3 Å². The van der Waals surface area contributed by atoms with Crippen LogP contribution in [0.2, 0.25) is 0 Å². The molecular weight excluding hydrogens is 392 g/mol. The molecule has 3 aliphatic rings. The number of benzene rings is 1. The molecule has 4 rings (SSSR count). The van der Waals surface area contributed by atoms with Gasteiger partial charge in [-0.1, -0.05) is 32.3 Å². The number of carbonyl (C=O) groups is 2. The van der Waals surface area contributed by atoms with Crippen LogP contribution >= 0.6 is 0 Å². The number of unbranched alkanes of at least 4 members (excludes halogenated alkanes) is 1. The van der Waals surface area contributed by atoms with Gasteiger partial charge in [-0.05, 0) is 49.8 Å². The number of rotatable bonds is 6. The number of amides is 2. The highest BCUT2D eigenvalue weighted by atomic mass is 16.6. The van der Waals surface area contributed by atoms with Crippen molar-refractivity contribution in [1.29, 1.82) is 0 Å². The largest absolute Gasteiger partial charge is 0.486 e. The summed E-state index contributed by atoms with van der Waals surface area (Å²) in [5.41, 5.74) is 0.585. The van der Waals surface area contributed by atoms with Crippen LogP contribution in [-0.2, 0) is 15.0 Å². The first-order valence-electron chi connectivity index (χ1n) is 12.0. The molecule has 1 aliphatic carbocycles. The Balaban J connectivity index is 1.45. The molecule has 0 N–H and O–H groups in total. The molecule has 6 heteroatoms. The molecular formula is C25H36N2O4. The van der Waals surface area contributed by atoms with E-state index < -0.39 is 5.41 Å². The van der Waals surface area contributed by atoms with Crippen LogP contribution in [0.4, 0.5) is 0 Å². The van der Waals surface area contributed by atoms with Crippen molar-refractivity contribution in [3.05, 3.63) is 23.8 Å². The van der Waals surface area contributed by atoms with Gasteiger partial charge in [-0.15, -0.1) is 0 Å². The summed E-state index contributed by atoms with van der Waals surface area (Å²) in [5, 5.41) is 0. The fourth-order valence-corrected chi connectivity index (χ4v) is 5.39. The number of ether oxygens (including phenoxy) is 2. The number of carbonyl (C=O) groups excluding carboxylic acids is 2. The van der Waals surface area contributed by atoms with Crippen molar-refractivity contribution >= 4 is 11.8 Å². The Morgan fingerprint density at radius 2 is 1.77 bits per heavy atom. The number of likely N-dealkylation sites (tertiary alicyclic amines) is 1. The molecule has 31 heavy (non-hydrogen) atoms. The molecule has 0 bridgehead atoms. The monoisotopic (exact) mass is 428 g/mol. The van der Waals surface area contributed by atoms with Crippen LogP contribution < -0.4 is 9.47 Å². The van der Waals surface area contributed by atoms with Crippen LogP contribution in [0.3, 0.4) is 0 Å². The van der Waals surface area contributed by atoms with Gasteiger partial charge in [0, 0.05) is 32.6 Å². The molecule has 0 atom stereocenters. The number of piperidine rings is 1. The summed E-state index contributed by atoms with van der Waals surface area (Å²) in [4.78, 5) is 30.4. The topological polar surface area (TPSA) is 59.1 Å². The van der Waals surface area contributed by atoms with E-state index in [1.165, 1.54) is 0 Å². The summed E-state index contributed by atoms with van der Waals surface area (Å²) in [6.07, 6.45) is 7.55. The lowest BCUT2D eigenvalue weighted by Crippen LogP contribution is -2.50. The van der Waals surface area contributed by atoms with E-state index in [0.717, 1.165) is 75.0 Å². The quantitative estimate of drug-likeness (QED) is 0.692. The van der Waals surface area contributed by atoms with Crippen molar-refractivity contribution < 1.29 is 19.1 Å². The molecule has 0 radical (unpaired) electrons. The third-order valence-electron chi connectivity index (χ3n) is 7.32. The Morgan fingerprint density at radius 3 is 2.45 bits per heavy atom. The second-order valence-electron chi connectivity index (χ2n) is 9.33. The Morgan fingerprint density at radius 1 is 1.10 bits per heavy atom. The van der Waals surface area contributed by atoms with Crippen LogP contribution in [0.5, 0.6) is 11.5 Å². The molecule has 2 fully saturated rings. The summed E-state index contributed by atoms with van der Waals surface area (Å²) < 4.78 is 11.5. The summed E-state index contributed by atoms with van der Waals surface area (Å²) in [5.74, 6) is 2.03. The van der Waals surface area contributed by atoms with Crippen molar-refractivity contribution in [3.8, 4) is 11.5 Å². The summed E-state index contributed by atoms with van der Waals surface area (Å²) >= 11 is 0. The van der Waals surface area contributed by atoms with E-state index in [9.17, 15) is 9.59 Å². The zero-order valence-corrected chi connectivity index (χ0v) is 19.0. The van der Waals surface area contributed by atoms with Crippen molar-refractivity contribution in [2.24, 2.45) is 5.92 Å². The molecule has 2 heterocycles. The highest BCUT2D eigenvalue weighted by molar-refractivity contribution is 5.89. The summed E-state index contributed by atoms with van der Waals surface area (Å²) in [6.45, 7) is 5.42. The zero-order chi connectivity index (χ0) is 21.8. The number of fused-ring (bicyclic) bond motifs is 1. The molecule has 0 aromatic heterocycles. The van der Waals surface area contributed by atoms with Crippen molar-refractivity contribution in [3.63, 3.8) is 0 Å². The van der Waals surface area contributed by atoms with Crippen LogP contribution in [0, 0.1) is 5.92 Å². The highest BCUT2D eigenvalue weighted by Gasteiger charge is 2.46. The van der Waals surface area contributed by atoms with Gasteiger partial charge in [-0.25, -0.2) is 0 Å². The second-order valence-corrected chi connectivity index (χ2v) is 9.33. The maximum atomic E-state index is 13.8. The van der Waals surface area contributed by atoms with E-state index in [1.807, 2.05) is 29.0 Å². The Bertz CT molecular complexity index is 795. The van der Waals surface area contributed by atoms with Crippen molar-refractivity contribution in [2.45, 2.75) is 63.7 Å². The van der Waals surface area contributed by atoms with E-state index in [-0.39, 0.29) is 17.7 Å². The molecule has 2 aliphatic heterocycles. The molecule has 170 valence electrons. The Kier molecular flexibility index (Phi) is 6.73. The Labute approximate surface area is 185 Å². The second kappa shape index (κ2) is 9.49. The lowest BCUT2D eigenvalue weighted by atomic mass is 9.76. The first-order valence-corrected chi connectivity index (χ1v) is 12.0. The molecule has 6 nitrogen and oxygen atoms in total. The van der Waals surface area contributed by atoms with E-state index >= 15 is 0 Å². The van der Waals surface area contributed by atoms with Crippen molar-refractivity contribution in [2.75, 3.05) is 39.9 Å². The number of hydrogen-bond donors (Lipinski definition) is 0. The van der Waals surface area contributed by atoms with Crippen LogP contribution in [0.1, 0.15) is 63.9 Å². The van der Waals surface area contributed by atoms with E-state index in [1.54, 1.807) is 0 Å². The minimum Gasteiger partial charge on any atom is -0.486 e. The van der Waals surface area contributed by atoms with E-state index in [2.05, 4.69) is 13.0 Å². The molecule has 1 aromatic carbocycles. The van der Waals surface area contributed by atoms with Crippen LogP contribution in [0.15, 0.2) is 18.2 Å². The van der Waals surface area contributed by atoms with Gasteiger partial charge in [0.1, 0.15) is 13.2 Å². The van der Waals surface area contributed by atoms with Gasteiger partial charge in [0.15, 0.2) is 11.5 Å². The van der Waals surface area contributed by atoms with Gasteiger partial charge in [0.2, 0.25) is 11.8 Å². The SMILES string of the molecule is CCCCN(C)C(=O)C1CCN(C(=O)C2(c3ccc4c(c3)OCCO4)CCCC2)CC1. The maximum Gasteiger partial charge on any atom is 0.233 e. The normalized spacial score (nSPS) is 20.5. The molecule has 1 aromatic rings. The smallest absolute Gasteiger partial charge is 0.233 e. The fraction of sp³-hybridized carbons (Fsp3) is 0.680. The average molecular weight is 429 g/mol. The molecule has 0 unspecified atom stereocenters. The Hall–Kier alpha value is -2.24. The lowest BCUT2D eigenvalue weighted by Gasteiger charge is -2.39. The van der Waals surface area contributed by atoms with Crippen LogP contribution in [-0.4, -0.2) is 61.5 Å².